The Morgan fingerprint density at radius 3 is 2.83 bits per heavy atom. The number of rotatable bonds is 6. The predicted octanol–water partition coefficient (Wildman–Crippen LogP) is 3.13. The molecule has 0 spiro atoms. The summed E-state index contributed by atoms with van der Waals surface area (Å²) in [7, 11) is 0. The molecule has 6 heteroatoms. The summed E-state index contributed by atoms with van der Waals surface area (Å²) in [5.41, 5.74) is 1.33. The lowest BCUT2D eigenvalue weighted by Crippen LogP contribution is -2.16. The molecule has 2 aromatic rings. The van der Waals surface area contributed by atoms with E-state index in [1.165, 1.54) is 11.3 Å². The molecule has 0 bridgehead atoms. The Kier molecular flexibility index (Phi) is 6.33. The standard InChI is InChI=1S/C18H20N2O3S/c1-4-7-8-16(21)19-18-20(11-5-2)14-10-9-13(12-15(14)24-18)17(22)23-6-3/h2,9-10,12H,4,6-8,11H2,1,3H3. The van der Waals surface area contributed by atoms with Crippen LogP contribution in [0.3, 0.4) is 0 Å². The van der Waals surface area contributed by atoms with Crippen LogP contribution in [0.25, 0.3) is 10.2 Å². The van der Waals surface area contributed by atoms with E-state index in [1.54, 1.807) is 19.1 Å². The first kappa shape index (κ1) is 18.0. The first-order valence-electron chi connectivity index (χ1n) is 7.92. The van der Waals surface area contributed by atoms with E-state index in [9.17, 15) is 9.59 Å². The molecule has 0 unspecified atom stereocenters. The molecule has 0 aliphatic rings. The van der Waals surface area contributed by atoms with Crippen LogP contribution < -0.4 is 4.80 Å². The zero-order valence-electron chi connectivity index (χ0n) is 13.9. The zero-order valence-corrected chi connectivity index (χ0v) is 14.7. The zero-order chi connectivity index (χ0) is 17.5. The Labute approximate surface area is 145 Å². The lowest BCUT2D eigenvalue weighted by molar-refractivity contribution is -0.118. The van der Waals surface area contributed by atoms with Gasteiger partial charge in [0.25, 0.3) is 0 Å². The van der Waals surface area contributed by atoms with Gasteiger partial charge >= 0.3 is 5.97 Å². The molecule has 2 rings (SSSR count). The molecule has 1 aromatic heterocycles. The Hall–Kier alpha value is -2.39. The minimum atomic E-state index is -0.367. The number of nitrogens with zero attached hydrogens (tertiary/aromatic N) is 2. The molecule has 0 fully saturated rings. The third-order valence-electron chi connectivity index (χ3n) is 3.41. The average Bonchev–Trinajstić information content (AvgIpc) is 2.90. The van der Waals surface area contributed by atoms with E-state index in [0.29, 0.717) is 29.9 Å². The van der Waals surface area contributed by atoms with E-state index >= 15 is 0 Å². The lowest BCUT2D eigenvalue weighted by atomic mass is 10.2. The number of fused-ring (bicyclic) bond motifs is 1. The van der Waals surface area contributed by atoms with Crippen molar-refractivity contribution in [1.82, 2.24) is 4.57 Å². The fourth-order valence-corrected chi connectivity index (χ4v) is 3.32. The van der Waals surface area contributed by atoms with Crippen LogP contribution in [0, 0.1) is 12.3 Å². The van der Waals surface area contributed by atoms with Crippen LogP contribution >= 0.6 is 11.3 Å². The van der Waals surface area contributed by atoms with Gasteiger partial charge in [-0.3, -0.25) is 4.79 Å². The second-order valence-electron chi connectivity index (χ2n) is 5.19. The van der Waals surface area contributed by atoms with Crippen LogP contribution in [0.15, 0.2) is 23.2 Å². The highest BCUT2D eigenvalue weighted by Gasteiger charge is 2.12. The van der Waals surface area contributed by atoms with Crippen molar-refractivity contribution in [2.24, 2.45) is 4.99 Å². The number of amides is 1. The van der Waals surface area contributed by atoms with Crippen LogP contribution in [-0.4, -0.2) is 23.1 Å². The number of carbonyl (C=O) groups is 2. The van der Waals surface area contributed by atoms with E-state index in [4.69, 9.17) is 11.2 Å². The molecule has 5 nitrogen and oxygen atoms in total. The number of terminal acetylenes is 1. The molecule has 126 valence electrons. The second-order valence-corrected chi connectivity index (χ2v) is 6.20. The van der Waals surface area contributed by atoms with Crippen LogP contribution in [-0.2, 0) is 16.1 Å². The topological polar surface area (TPSA) is 60.7 Å². The largest absolute Gasteiger partial charge is 0.462 e. The molecule has 1 amide bonds. The van der Waals surface area contributed by atoms with Gasteiger partial charge in [0.15, 0.2) is 4.80 Å². The Bertz CT molecular complexity index is 855. The lowest BCUT2D eigenvalue weighted by Gasteiger charge is -2.03. The number of carbonyl (C=O) groups excluding carboxylic acids is 2. The van der Waals surface area contributed by atoms with Gasteiger partial charge in [0.1, 0.15) is 0 Å². The van der Waals surface area contributed by atoms with E-state index < -0.39 is 0 Å². The number of ether oxygens (including phenoxy) is 1. The number of benzene rings is 1. The van der Waals surface area contributed by atoms with Crippen molar-refractivity contribution in [1.29, 1.82) is 0 Å². The molecule has 24 heavy (non-hydrogen) atoms. The van der Waals surface area contributed by atoms with Gasteiger partial charge < -0.3 is 9.30 Å². The van der Waals surface area contributed by atoms with Crippen molar-refractivity contribution in [2.45, 2.75) is 39.7 Å². The molecule has 0 atom stereocenters. The maximum atomic E-state index is 12.0. The fourth-order valence-electron chi connectivity index (χ4n) is 2.23. The third-order valence-corrected chi connectivity index (χ3v) is 4.45. The van der Waals surface area contributed by atoms with E-state index in [-0.39, 0.29) is 11.9 Å². The summed E-state index contributed by atoms with van der Waals surface area (Å²) < 4.78 is 7.68. The molecule has 1 heterocycles. The van der Waals surface area contributed by atoms with E-state index in [1.807, 2.05) is 17.6 Å². The van der Waals surface area contributed by atoms with Crippen LogP contribution in [0.2, 0.25) is 0 Å². The third kappa shape index (κ3) is 4.12. The van der Waals surface area contributed by atoms with Gasteiger partial charge in [-0.05, 0) is 31.5 Å². The molecule has 0 N–H and O–H groups in total. The number of unbranched alkanes of at least 4 members (excludes halogenated alkanes) is 1. The van der Waals surface area contributed by atoms with Crippen molar-refractivity contribution in [2.75, 3.05) is 6.61 Å². The SMILES string of the molecule is C#CCn1c(=NC(=O)CCCC)sc2cc(C(=O)OCC)ccc21. The molecule has 0 aliphatic heterocycles. The second kappa shape index (κ2) is 8.46. The van der Waals surface area contributed by atoms with Crippen LogP contribution in [0.4, 0.5) is 0 Å². The first-order valence-corrected chi connectivity index (χ1v) is 8.73. The van der Waals surface area contributed by atoms with Gasteiger partial charge in [0.2, 0.25) is 5.91 Å². The summed E-state index contributed by atoms with van der Waals surface area (Å²) in [6.07, 6.45) is 7.63. The van der Waals surface area contributed by atoms with Crippen LogP contribution in [0.5, 0.6) is 0 Å². The molecule has 0 radical (unpaired) electrons. The quantitative estimate of drug-likeness (QED) is 0.597. The van der Waals surface area contributed by atoms with Gasteiger partial charge in [0, 0.05) is 6.42 Å². The van der Waals surface area contributed by atoms with Gasteiger partial charge in [-0.2, -0.15) is 4.99 Å². The van der Waals surface area contributed by atoms with Crippen molar-refractivity contribution in [3.05, 3.63) is 28.6 Å². The average molecular weight is 344 g/mol. The summed E-state index contributed by atoms with van der Waals surface area (Å²) in [4.78, 5) is 28.6. The van der Waals surface area contributed by atoms with E-state index in [2.05, 4.69) is 10.9 Å². The van der Waals surface area contributed by atoms with Crippen LogP contribution in [0.1, 0.15) is 43.5 Å². The fraction of sp³-hybridized carbons (Fsp3) is 0.389. The maximum Gasteiger partial charge on any atom is 0.338 e. The molecular weight excluding hydrogens is 324 g/mol. The highest BCUT2D eigenvalue weighted by molar-refractivity contribution is 7.16. The van der Waals surface area contributed by atoms with Crippen molar-refractivity contribution < 1.29 is 14.3 Å². The van der Waals surface area contributed by atoms with Crippen molar-refractivity contribution >= 4 is 33.4 Å². The summed E-state index contributed by atoms with van der Waals surface area (Å²) in [5, 5.41) is 0. The summed E-state index contributed by atoms with van der Waals surface area (Å²) >= 11 is 1.35. The van der Waals surface area contributed by atoms with Crippen molar-refractivity contribution in [3.63, 3.8) is 0 Å². The summed E-state index contributed by atoms with van der Waals surface area (Å²) in [5.74, 6) is 2.06. The molecule has 0 saturated heterocycles. The molecule has 0 aliphatic carbocycles. The molecular formula is C18H20N2O3S. The number of hydrogen-bond acceptors (Lipinski definition) is 4. The van der Waals surface area contributed by atoms with Gasteiger partial charge in [-0.1, -0.05) is 30.6 Å². The minimum Gasteiger partial charge on any atom is -0.462 e. The normalized spacial score (nSPS) is 11.5. The summed E-state index contributed by atoms with van der Waals surface area (Å²) in [6.45, 7) is 4.44. The van der Waals surface area contributed by atoms with Gasteiger partial charge in [-0.15, -0.1) is 6.42 Å². The van der Waals surface area contributed by atoms with Crippen molar-refractivity contribution in [3.8, 4) is 12.3 Å². The smallest absolute Gasteiger partial charge is 0.338 e. The van der Waals surface area contributed by atoms with E-state index in [0.717, 1.165) is 23.1 Å². The minimum absolute atomic E-state index is 0.153. The Balaban J connectivity index is 2.49. The first-order chi connectivity index (χ1) is 11.6. The number of hydrogen-bond donors (Lipinski definition) is 0. The molecule has 0 saturated carbocycles. The monoisotopic (exact) mass is 344 g/mol. The number of thiazole rings is 1. The predicted molar refractivity (Wildman–Crippen MR) is 94.7 cm³/mol. The Morgan fingerprint density at radius 1 is 1.38 bits per heavy atom. The van der Waals surface area contributed by atoms with Gasteiger partial charge in [0.05, 0.1) is 28.9 Å². The Morgan fingerprint density at radius 2 is 2.17 bits per heavy atom. The maximum absolute atomic E-state index is 12.0. The number of aromatic nitrogens is 1. The highest BCUT2D eigenvalue weighted by atomic mass is 32.1. The van der Waals surface area contributed by atoms with Gasteiger partial charge in [-0.25, -0.2) is 4.79 Å². The summed E-state index contributed by atoms with van der Waals surface area (Å²) in [6, 6.07) is 5.26. The molecule has 1 aromatic carbocycles. The highest BCUT2D eigenvalue weighted by Crippen LogP contribution is 2.20. The number of esters is 1.